The molecule has 0 aliphatic heterocycles. The maximum absolute atomic E-state index is 15.0. The average molecular weight is 437 g/mol. The lowest BCUT2D eigenvalue weighted by atomic mass is 9.63. The zero-order chi connectivity index (χ0) is 22.7. The summed E-state index contributed by atoms with van der Waals surface area (Å²) < 4.78 is 43.8. The van der Waals surface area contributed by atoms with E-state index < -0.39 is 17.5 Å². The van der Waals surface area contributed by atoms with Gasteiger partial charge in [-0.1, -0.05) is 36.5 Å². The summed E-state index contributed by atoms with van der Waals surface area (Å²) in [5, 5.41) is 0. The molecule has 0 aromatic heterocycles. The molecule has 3 heteroatoms. The summed E-state index contributed by atoms with van der Waals surface area (Å²) in [6.45, 7) is 5.62. The van der Waals surface area contributed by atoms with Gasteiger partial charge in [0.25, 0.3) is 0 Å². The third-order valence-electron chi connectivity index (χ3n) is 7.51. The minimum Gasteiger partial charge on any atom is -0.206 e. The molecule has 4 unspecified atom stereocenters. The first-order valence-corrected chi connectivity index (χ1v) is 11.8. The van der Waals surface area contributed by atoms with Crippen molar-refractivity contribution in [1.82, 2.24) is 0 Å². The van der Waals surface area contributed by atoms with Crippen molar-refractivity contribution in [3.8, 4) is 11.8 Å². The molecule has 2 aliphatic rings. The summed E-state index contributed by atoms with van der Waals surface area (Å²) >= 11 is 0. The van der Waals surface area contributed by atoms with Gasteiger partial charge in [0.1, 0.15) is 5.82 Å². The van der Waals surface area contributed by atoms with Crippen molar-refractivity contribution in [2.24, 2.45) is 17.8 Å². The monoisotopic (exact) mass is 436 g/mol. The van der Waals surface area contributed by atoms with E-state index >= 15 is 4.39 Å². The van der Waals surface area contributed by atoms with Gasteiger partial charge in [0.15, 0.2) is 11.6 Å². The van der Waals surface area contributed by atoms with Crippen molar-refractivity contribution in [2.75, 3.05) is 0 Å². The molecule has 0 spiro atoms. The van der Waals surface area contributed by atoms with Crippen molar-refractivity contribution < 1.29 is 13.2 Å². The minimum atomic E-state index is -0.919. The average Bonchev–Trinajstić information content (AvgIpc) is 2.79. The Morgan fingerprint density at radius 1 is 0.906 bits per heavy atom. The summed E-state index contributed by atoms with van der Waals surface area (Å²) in [6.07, 6.45) is 11.0. The molecule has 168 valence electrons. The molecule has 2 saturated carbocycles. The first-order chi connectivity index (χ1) is 15.5. The number of hydrogen-bond donors (Lipinski definition) is 0. The lowest BCUT2D eigenvalue weighted by Crippen LogP contribution is -2.30. The fraction of sp³-hybridized carbons (Fsp3) is 0.448. The second-order valence-electron chi connectivity index (χ2n) is 9.64. The van der Waals surface area contributed by atoms with E-state index in [1.807, 2.05) is 6.08 Å². The molecule has 32 heavy (non-hydrogen) atoms. The summed E-state index contributed by atoms with van der Waals surface area (Å²) in [4.78, 5) is 0. The highest BCUT2D eigenvalue weighted by molar-refractivity contribution is 5.46. The zero-order valence-electron chi connectivity index (χ0n) is 18.8. The molecule has 0 amide bonds. The van der Waals surface area contributed by atoms with Gasteiger partial charge in [-0.2, -0.15) is 0 Å². The van der Waals surface area contributed by atoms with Crippen LogP contribution in [0.2, 0.25) is 0 Å². The SMILES string of the molecule is C=CCCC1CCC2CC(c3ccc(C#Cc4ccc(C)cc4F)c(F)c3F)CCC2C1. The smallest absolute Gasteiger partial charge is 0.174 e. The Morgan fingerprint density at radius 3 is 2.41 bits per heavy atom. The normalized spacial score (nSPS) is 24.9. The Labute approximate surface area is 189 Å². The molecule has 0 nitrogen and oxygen atoms in total. The summed E-state index contributed by atoms with van der Waals surface area (Å²) in [5.41, 5.74) is 1.42. The maximum Gasteiger partial charge on any atom is 0.174 e. The van der Waals surface area contributed by atoms with Crippen LogP contribution in [0.1, 0.15) is 79.5 Å². The Morgan fingerprint density at radius 2 is 1.62 bits per heavy atom. The molecule has 4 atom stereocenters. The number of aryl methyl sites for hydroxylation is 1. The van der Waals surface area contributed by atoms with Crippen LogP contribution in [0, 0.1) is 54.0 Å². The first kappa shape index (κ1) is 22.7. The fourth-order valence-electron chi connectivity index (χ4n) is 5.72. The Hall–Kier alpha value is -2.47. The molecule has 0 N–H and O–H groups in total. The molecule has 4 rings (SSSR count). The number of rotatable bonds is 4. The lowest BCUT2D eigenvalue weighted by Gasteiger charge is -2.42. The third kappa shape index (κ3) is 4.96. The van der Waals surface area contributed by atoms with Gasteiger partial charge in [0, 0.05) is 0 Å². The zero-order valence-corrected chi connectivity index (χ0v) is 18.8. The van der Waals surface area contributed by atoms with Gasteiger partial charge in [-0.05, 0) is 105 Å². The molecular formula is C29H31F3. The summed E-state index contributed by atoms with van der Waals surface area (Å²) in [5.74, 6) is 5.28. The maximum atomic E-state index is 15.0. The van der Waals surface area contributed by atoms with Crippen LogP contribution in [0.4, 0.5) is 13.2 Å². The van der Waals surface area contributed by atoms with Crippen molar-refractivity contribution in [3.05, 3.63) is 82.7 Å². The Balaban J connectivity index is 1.47. The van der Waals surface area contributed by atoms with Gasteiger partial charge in [-0.25, -0.2) is 13.2 Å². The van der Waals surface area contributed by atoms with Gasteiger partial charge in [0.05, 0.1) is 11.1 Å². The number of hydrogen-bond acceptors (Lipinski definition) is 0. The van der Waals surface area contributed by atoms with Crippen molar-refractivity contribution >= 4 is 0 Å². The Kier molecular flexibility index (Phi) is 7.09. The van der Waals surface area contributed by atoms with Crippen molar-refractivity contribution in [3.63, 3.8) is 0 Å². The van der Waals surface area contributed by atoms with Crippen LogP contribution in [0.25, 0.3) is 0 Å². The predicted octanol–water partition coefficient (Wildman–Crippen LogP) is 8.08. The third-order valence-corrected chi connectivity index (χ3v) is 7.51. The van der Waals surface area contributed by atoms with Gasteiger partial charge >= 0.3 is 0 Å². The lowest BCUT2D eigenvalue weighted by molar-refractivity contribution is 0.114. The molecule has 0 bridgehead atoms. The quantitative estimate of drug-likeness (QED) is 0.336. The van der Waals surface area contributed by atoms with Crippen LogP contribution in [0.5, 0.6) is 0 Å². The number of fused-ring (bicyclic) bond motifs is 1. The van der Waals surface area contributed by atoms with E-state index in [-0.39, 0.29) is 17.0 Å². The second-order valence-corrected chi connectivity index (χ2v) is 9.64. The topological polar surface area (TPSA) is 0 Å². The number of allylic oxidation sites excluding steroid dienone is 1. The minimum absolute atomic E-state index is 0.0253. The van der Waals surface area contributed by atoms with Gasteiger partial charge in [-0.15, -0.1) is 6.58 Å². The number of halogens is 3. The Bertz CT molecular complexity index is 1040. The standard InChI is InChI=1S/C29H31F3/c1-3-4-5-20-7-9-24-18-25(13-12-23(24)17-20)26-15-14-22(28(31)29(26)32)11-10-21-8-6-19(2)16-27(21)30/h3,6,8,14-16,20,23-25H,1,4-5,7,9,12-13,17-18H2,2H3. The highest BCUT2D eigenvalue weighted by Crippen LogP contribution is 2.48. The molecule has 2 aromatic carbocycles. The molecule has 2 aromatic rings. The molecule has 0 radical (unpaired) electrons. The summed E-state index contributed by atoms with van der Waals surface area (Å²) in [7, 11) is 0. The van der Waals surface area contributed by atoms with Gasteiger partial charge < -0.3 is 0 Å². The van der Waals surface area contributed by atoms with E-state index in [1.165, 1.54) is 31.7 Å². The van der Waals surface area contributed by atoms with Crippen LogP contribution in [-0.2, 0) is 0 Å². The number of benzene rings is 2. The molecular weight excluding hydrogens is 405 g/mol. The van der Waals surface area contributed by atoms with Gasteiger partial charge in [-0.3, -0.25) is 0 Å². The predicted molar refractivity (Wildman–Crippen MR) is 124 cm³/mol. The van der Waals surface area contributed by atoms with E-state index in [1.54, 1.807) is 31.2 Å². The van der Waals surface area contributed by atoms with Crippen LogP contribution < -0.4 is 0 Å². The summed E-state index contributed by atoms with van der Waals surface area (Å²) in [6, 6.07) is 7.92. The van der Waals surface area contributed by atoms with E-state index in [2.05, 4.69) is 18.4 Å². The fourth-order valence-corrected chi connectivity index (χ4v) is 5.72. The van der Waals surface area contributed by atoms with Crippen LogP contribution >= 0.6 is 0 Å². The highest BCUT2D eigenvalue weighted by atomic mass is 19.2. The van der Waals surface area contributed by atoms with E-state index in [9.17, 15) is 8.78 Å². The van der Waals surface area contributed by atoms with Crippen molar-refractivity contribution in [2.45, 2.75) is 64.2 Å². The van der Waals surface area contributed by atoms with Crippen LogP contribution in [0.3, 0.4) is 0 Å². The van der Waals surface area contributed by atoms with E-state index in [0.29, 0.717) is 11.5 Å². The van der Waals surface area contributed by atoms with E-state index in [4.69, 9.17) is 0 Å². The highest BCUT2D eigenvalue weighted by Gasteiger charge is 2.36. The van der Waals surface area contributed by atoms with Crippen LogP contribution in [0.15, 0.2) is 43.0 Å². The van der Waals surface area contributed by atoms with E-state index in [0.717, 1.165) is 43.1 Å². The molecule has 2 fully saturated rings. The van der Waals surface area contributed by atoms with Crippen molar-refractivity contribution in [1.29, 1.82) is 0 Å². The first-order valence-electron chi connectivity index (χ1n) is 11.8. The molecule has 2 aliphatic carbocycles. The molecule has 0 saturated heterocycles. The molecule has 0 heterocycles. The van der Waals surface area contributed by atoms with Crippen LogP contribution in [-0.4, -0.2) is 0 Å². The second kappa shape index (κ2) is 9.99. The van der Waals surface area contributed by atoms with Gasteiger partial charge in [0.2, 0.25) is 0 Å². The largest absolute Gasteiger partial charge is 0.206 e.